The molecule has 7 heteroatoms. The molecular weight excluding hydrogens is 522 g/mol. The van der Waals surface area contributed by atoms with Crippen molar-refractivity contribution >= 4 is 16.0 Å². The van der Waals surface area contributed by atoms with Crippen LogP contribution < -0.4 is 5.32 Å². The van der Waals surface area contributed by atoms with Crippen molar-refractivity contribution in [2.24, 2.45) is 0 Å². The van der Waals surface area contributed by atoms with Crippen LogP contribution >= 0.6 is 0 Å². The topological polar surface area (TPSA) is 104 Å². The molecule has 1 amide bonds. The van der Waals surface area contributed by atoms with Gasteiger partial charge in [0, 0.05) is 6.42 Å². The molecule has 0 aliphatic heterocycles. The zero-order chi connectivity index (χ0) is 29.7. The Kier molecular flexibility index (Phi) is 27.6. The molecule has 0 aliphatic carbocycles. The molecule has 0 radical (unpaired) electrons. The molecule has 0 aliphatic rings. The maximum Gasteiger partial charge on any atom is 0.267 e. The number of amides is 1. The van der Waals surface area contributed by atoms with E-state index in [2.05, 4.69) is 19.2 Å². The Bertz CT molecular complexity index is 695. The fraction of sp³-hybridized carbons (Fsp3) is 0.909. The molecule has 0 aromatic heterocycles. The summed E-state index contributed by atoms with van der Waals surface area (Å²) in [6, 6.07) is -1.05. The van der Waals surface area contributed by atoms with E-state index in [4.69, 9.17) is 0 Å². The van der Waals surface area contributed by atoms with Gasteiger partial charge >= 0.3 is 0 Å². The second-order valence-electron chi connectivity index (χ2n) is 11.8. The van der Waals surface area contributed by atoms with Gasteiger partial charge in [0.25, 0.3) is 10.1 Å². The van der Waals surface area contributed by atoms with Gasteiger partial charge in [-0.3, -0.25) is 9.35 Å². The molecule has 0 aromatic carbocycles. The summed E-state index contributed by atoms with van der Waals surface area (Å²) in [5.74, 6) is -0.972. The minimum Gasteiger partial charge on any atom is -0.387 e. The number of aliphatic hydroxyl groups is 1. The van der Waals surface area contributed by atoms with Crippen molar-refractivity contribution in [1.82, 2.24) is 5.32 Å². The van der Waals surface area contributed by atoms with Crippen LogP contribution in [-0.4, -0.2) is 41.9 Å². The standard InChI is InChI=1S/C33H65NO5S/c1-3-5-7-9-11-13-15-16-17-18-19-21-23-25-27-29-33(36)34-31(30-40(37,38)39)32(35)28-26-24-22-20-14-12-10-8-6-4-2/h26,28,31-32,35H,3-25,27,29-30H2,1-2H3,(H,34,36)(H,37,38,39)/b28-26+. The first-order valence-corrected chi connectivity index (χ1v) is 18.5. The molecule has 0 fully saturated rings. The highest BCUT2D eigenvalue weighted by molar-refractivity contribution is 7.85. The Morgan fingerprint density at radius 3 is 1.43 bits per heavy atom. The summed E-state index contributed by atoms with van der Waals surface area (Å²) < 4.78 is 32.2. The van der Waals surface area contributed by atoms with E-state index in [1.54, 1.807) is 6.08 Å². The van der Waals surface area contributed by atoms with Crippen molar-refractivity contribution in [3.63, 3.8) is 0 Å². The second kappa shape index (κ2) is 28.2. The highest BCUT2D eigenvalue weighted by Crippen LogP contribution is 2.14. The zero-order valence-electron chi connectivity index (χ0n) is 26.2. The van der Waals surface area contributed by atoms with E-state index >= 15 is 0 Å². The number of hydrogen-bond donors (Lipinski definition) is 3. The number of hydrogen-bond acceptors (Lipinski definition) is 4. The Balaban J connectivity index is 3.98. The van der Waals surface area contributed by atoms with Crippen LogP contribution in [0.4, 0.5) is 0 Å². The lowest BCUT2D eigenvalue weighted by atomic mass is 10.0. The monoisotopic (exact) mass is 587 g/mol. The molecule has 2 unspecified atom stereocenters. The predicted octanol–water partition coefficient (Wildman–Crippen LogP) is 9.07. The third-order valence-corrected chi connectivity index (χ3v) is 8.49. The number of nitrogens with one attached hydrogen (secondary N) is 1. The minimum absolute atomic E-state index is 0.279. The van der Waals surface area contributed by atoms with E-state index in [1.165, 1.54) is 116 Å². The first kappa shape index (κ1) is 39.1. The van der Waals surface area contributed by atoms with Crippen LogP contribution in [0.5, 0.6) is 0 Å². The van der Waals surface area contributed by atoms with Crippen molar-refractivity contribution < 1.29 is 22.9 Å². The van der Waals surface area contributed by atoms with E-state index < -0.39 is 28.0 Å². The van der Waals surface area contributed by atoms with E-state index in [0.717, 1.165) is 38.5 Å². The van der Waals surface area contributed by atoms with E-state index in [-0.39, 0.29) is 5.91 Å². The first-order valence-electron chi connectivity index (χ1n) is 16.9. The number of rotatable bonds is 30. The molecule has 238 valence electrons. The molecule has 0 aromatic rings. The van der Waals surface area contributed by atoms with Gasteiger partial charge in [-0.2, -0.15) is 8.42 Å². The molecule has 0 bridgehead atoms. The van der Waals surface area contributed by atoms with E-state index in [0.29, 0.717) is 6.42 Å². The lowest BCUT2D eigenvalue weighted by molar-refractivity contribution is -0.122. The smallest absolute Gasteiger partial charge is 0.267 e. The van der Waals surface area contributed by atoms with Gasteiger partial charge < -0.3 is 10.4 Å². The lowest BCUT2D eigenvalue weighted by Crippen LogP contribution is -2.46. The van der Waals surface area contributed by atoms with Crippen LogP contribution in [-0.2, 0) is 14.9 Å². The highest BCUT2D eigenvalue weighted by Gasteiger charge is 2.24. The summed E-state index contributed by atoms with van der Waals surface area (Å²) >= 11 is 0. The second-order valence-corrected chi connectivity index (χ2v) is 13.3. The maximum atomic E-state index is 12.4. The molecule has 6 nitrogen and oxygen atoms in total. The fourth-order valence-electron chi connectivity index (χ4n) is 5.15. The zero-order valence-corrected chi connectivity index (χ0v) is 27.0. The van der Waals surface area contributed by atoms with E-state index in [9.17, 15) is 22.9 Å². The van der Waals surface area contributed by atoms with Crippen molar-refractivity contribution in [2.75, 3.05) is 5.75 Å². The van der Waals surface area contributed by atoms with Gasteiger partial charge in [0.05, 0.1) is 17.9 Å². The average molecular weight is 588 g/mol. The van der Waals surface area contributed by atoms with Gasteiger partial charge in [0.1, 0.15) is 0 Å². The van der Waals surface area contributed by atoms with Crippen LogP contribution in [0, 0.1) is 0 Å². The summed E-state index contributed by atoms with van der Waals surface area (Å²) in [6.45, 7) is 4.47. The third kappa shape index (κ3) is 28.6. The minimum atomic E-state index is -4.33. The van der Waals surface area contributed by atoms with Crippen LogP contribution in [0.1, 0.15) is 174 Å². The van der Waals surface area contributed by atoms with Crippen molar-refractivity contribution in [1.29, 1.82) is 0 Å². The Hall–Kier alpha value is -0.920. The van der Waals surface area contributed by atoms with Crippen LogP contribution in [0.2, 0.25) is 0 Å². The SMILES string of the molecule is CCCCCCCCCC/C=C/C(O)C(CS(=O)(=O)O)NC(=O)CCCCCCCCCCCCCCCCC. The number of carbonyl (C=O) groups is 1. The van der Waals surface area contributed by atoms with Gasteiger partial charge in [-0.1, -0.05) is 161 Å². The van der Waals surface area contributed by atoms with Gasteiger partial charge in [0.15, 0.2) is 0 Å². The Morgan fingerprint density at radius 1 is 0.650 bits per heavy atom. The van der Waals surface area contributed by atoms with Crippen molar-refractivity contribution in [2.45, 2.75) is 187 Å². The Labute approximate surface area is 248 Å². The van der Waals surface area contributed by atoms with Crippen LogP contribution in [0.25, 0.3) is 0 Å². The number of aliphatic hydroxyl groups excluding tert-OH is 1. The molecule has 0 heterocycles. The van der Waals surface area contributed by atoms with E-state index in [1.807, 2.05) is 6.08 Å². The van der Waals surface area contributed by atoms with Crippen LogP contribution in [0.3, 0.4) is 0 Å². The molecule has 2 atom stereocenters. The summed E-state index contributed by atoms with van der Waals surface area (Å²) in [5.41, 5.74) is 0. The largest absolute Gasteiger partial charge is 0.387 e. The third-order valence-electron chi connectivity index (χ3n) is 7.71. The van der Waals surface area contributed by atoms with Gasteiger partial charge in [0.2, 0.25) is 5.91 Å². The molecule has 40 heavy (non-hydrogen) atoms. The van der Waals surface area contributed by atoms with Crippen molar-refractivity contribution in [3.05, 3.63) is 12.2 Å². The molecule has 0 rings (SSSR count). The van der Waals surface area contributed by atoms with Crippen LogP contribution in [0.15, 0.2) is 12.2 Å². The van der Waals surface area contributed by atoms with Gasteiger partial charge in [-0.25, -0.2) is 0 Å². The number of carbonyl (C=O) groups excluding carboxylic acids is 1. The normalized spacial score (nSPS) is 13.6. The van der Waals surface area contributed by atoms with Gasteiger partial charge in [-0.05, 0) is 19.3 Å². The Morgan fingerprint density at radius 2 is 1.02 bits per heavy atom. The summed E-state index contributed by atoms with van der Waals surface area (Å²) in [7, 11) is -4.33. The molecule has 0 saturated carbocycles. The summed E-state index contributed by atoms with van der Waals surface area (Å²) in [5, 5.41) is 13.1. The summed E-state index contributed by atoms with van der Waals surface area (Å²) in [6.07, 6.45) is 31.9. The quantitative estimate of drug-likeness (QED) is 0.0442. The van der Waals surface area contributed by atoms with Crippen molar-refractivity contribution in [3.8, 4) is 0 Å². The lowest BCUT2D eigenvalue weighted by Gasteiger charge is -2.21. The molecule has 0 saturated heterocycles. The highest BCUT2D eigenvalue weighted by atomic mass is 32.2. The predicted molar refractivity (Wildman–Crippen MR) is 170 cm³/mol. The maximum absolute atomic E-state index is 12.4. The van der Waals surface area contributed by atoms with Gasteiger partial charge in [-0.15, -0.1) is 0 Å². The average Bonchev–Trinajstić information content (AvgIpc) is 2.90. The molecule has 0 spiro atoms. The molecule has 3 N–H and O–H groups in total. The molecular formula is C33H65NO5S. The fourth-order valence-corrected chi connectivity index (χ4v) is 5.89. The first-order chi connectivity index (χ1) is 19.3. The number of unbranched alkanes of at least 4 members (excludes halogenated alkanes) is 22. The number of allylic oxidation sites excluding steroid dienone is 1. The summed E-state index contributed by atoms with van der Waals surface area (Å²) in [4.78, 5) is 12.4.